The van der Waals surface area contributed by atoms with Crippen LogP contribution in [0.1, 0.15) is 43.4 Å². The summed E-state index contributed by atoms with van der Waals surface area (Å²) in [5.41, 5.74) is 0.513. The van der Waals surface area contributed by atoms with Gasteiger partial charge in [-0.25, -0.2) is 14.4 Å². The Bertz CT molecular complexity index is 1000. The average molecular weight is 451 g/mol. The van der Waals surface area contributed by atoms with Gasteiger partial charge in [0.1, 0.15) is 11.9 Å². The van der Waals surface area contributed by atoms with Crippen LogP contribution in [0.25, 0.3) is 11.4 Å². The first-order valence-corrected chi connectivity index (χ1v) is 10.5. The highest BCUT2D eigenvalue weighted by Crippen LogP contribution is 2.30. The number of hydrogen-bond donors (Lipinski definition) is 2. The molecule has 3 rings (SSSR count). The lowest BCUT2D eigenvalue weighted by atomic mass is 9.86. The predicted octanol–water partition coefficient (Wildman–Crippen LogP) is 2.46. The number of pyridine rings is 1. The molecule has 2 aromatic rings. The van der Waals surface area contributed by atoms with E-state index < -0.39 is 23.2 Å². The van der Waals surface area contributed by atoms with Gasteiger partial charge in [-0.1, -0.05) is 32.4 Å². The molecule has 0 fully saturated rings. The summed E-state index contributed by atoms with van der Waals surface area (Å²) in [6.07, 6.45) is 2.23. The van der Waals surface area contributed by atoms with Gasteiger partial charge in [0.05, 0.1) is 11.3 Å². The summed E-state index contributed by atoms with van der Waals surface area (Å²) in [6.45, 7) is 7.48. The van der Waals surface area contributed by atoms with Gasteiger partial charge in [-0.15, -0.1) is 0 Å². The van der Waals surface area contributed by atoms with E-state index in [0.717, 1.165) is 13.0 Å². The lowest BCUT2D eigenvalue weighted by Crippen LogP contribution is -2.53. The maximum atomic E-state index is 14.8. The lowest BCUT2D eigenvalue weighted by molar-refractivity contribution is -0.124. The predicted molar refractivity (Wildman–Crippen MR) is 116 cm³/mol. The molecule has 2 N–H and O–H groups in total. The minimum Gasteiger partial charge on any atom is -0.357 e. The largest absolute Gasteiger partial charge is 0.357 e. The van der Waals surface area contributed by atoms with Gasteiger partial charge in [0.15, 0.2) is 16.7 Å². The van der Waals surface area contributed by atoms with Gasteiger partial charge in [0, 0.05) is 26.3 Å². The van der Waals surface area contributed by atoms with E-state index in [-0.39, 0.29) is 22.3 Å². The second kappa shape index (κ2) is 8.92. The van der Waals surface area contributed by atoms with Crippen molar-refractivity contribution >= 4 is 23.4 Å². The number of hydrogen-bond acceptors (Lipinski definition) is 5. The van der Waals surface area contributed by atoms with Crippen molar-refractivity contribution in [3.63, 3.8) is 0 Å². The van der Waals surface area contributed by atoms with Crippen LogP contribution < -0.4 is 10.6 Å². The van der Waals surface area contributed by atoms with Gasteiger partial charge in [-0.2, -0.15) is 0 Å². The van der Waals surface area contributed by atoms with Crippen LogP contribution in [0.5, 0.6) is 0 Å². The molecule has 3 heterocycles. The van der Waals surface area contributed by atoms with Gasteiger partial charge in [0.25, 0.3) is 5.91 Å². The number of carbonyl (C=O) groups is 2. The molecule has 1 unspecified atom stereocenters. The molecule has 2 amide bonds. The molecule has 2 aromatic heterocycles. The molecule has 8 nitrogen and oxygen atoms in total. The zero-order chi connectivity index (χ0) is 22.9. The summed E-state index contributed by atoms with van der Waals surface area (Å²) in [6, 6.07) is 0.733. The zero-order valence-electron chi connectivity index (χ0n) is 18.4. The van der Waals surface area contributed by atoms with Crippen LogP contribution in [0.4, 0.5) is 4.39 Å². The van der Waals surface area contributed by atoms with E-state index >= 15 is 0 Å². The van der Waals surface area contributed by atoms with E-state index in [1.165, 1.54) is 19.3 Å². The second-order valence-corrected chi connectivity index (χ2v) is 9.18. The molecule has 0 saturated carbocycles. The summed E-state index contributed by atoms with van der Waals surface area (Å²) in [7, 11) is 3.48. The molecule has 0 radical (unpaired) electrons. The second-order valence-electron chi connectivity index (χ2n) is 8.82. The SMILES string of the molecule is CNC(=O)C(NC(=O)c1nc(-c2ccnc(Cl)c2F)n2c1CN(C)CCC2)C(C)(C)C. The Morgan fingerprint density at radius 2 is 2.00 bits per heavy atom. The highest BCUT2D eigenvalue weighted by molar-refractivity contribution is 6.29. The molecule has 10 heteroatoms. The normalized spacial score (nSPS) is 15.7. The molecule has 0 bridgehead atoms. The van der Waals surface area contributed by atoms with Gasteiger partial charge in [-0.3, -0.25) is 9.59 Å². The third-order valence-electron chi connectivity index (χ3n) is 5.37. The van der Waals surface area contributed by atoms with Crippen molar-refractivity contribution in [2.75, 3.05) is 20.6 Å². The fraction of sp³-hybridized carbons (Fsp3) is 0.524. The van der Waals surface area contributed by atoms with Crippen molar-refractivity contribution in [2.24, 2.45) is 5.41 Å². The quantitative estimate of drug-likeness (QED) is 0.698. The van der Waals surface area contributed by atoms with Crippen molar-refractivity contribution in [1.29, 1.82) is 0 Å². The number of likely N-dealkylation sites (N-methyl/N-ethyl adjacent to an activating group) is 1. The number of rotatable bonds is 4. The summed E-state index contributed by atoms with van der Waals surface area (Å²) in [4.78, 5) is 36.1. The lowest BCUT2D eigenvalue weighted by Gasteiger charge is -2.29. The van der Waals surface area contributed by atoms with Crippen LogP contribution in [-0.4, -0.2) is 57.9 Å². The van der Waals surface area contributed by atoms with Crippen molar-refractivity contribution in [3.8, 4) is 11.4 Å². The minimum absolute atomic E-state index is 0.175. The summed E-state index contributed by atoms with van der Waals surface area (Å²) < 4.78 is 16.6. The number of carbonyl (C=O) groups excluding carboxylic acids is 2. The van der Waals surface area contributed by atoms with Crippen LogP contribution in [-0.2, 0) is 17.9 Å². The molecule has 1 aliphatic heterocycles. The van der Waals surface area contributed by atoms with Crippen molar-refractivity contribution < 1.29 is 14.0 Å². The van der Waals surface area contributed by atoms with Crippen molar-refractivity contribution in [1.82, 2.24) is 30.1 Å². The number of fused-ring (bicyclic) bond motifs is 1. The Balaban J connectivity index is 2.10. The van der Waals surface area contributed by atoms with E-state index in [1.54, 1.807) is 0 Å². The molecule has 31 heavy (non-hydrogen) atoms. The Labute approximate surface area is 186 Å². The van der Waals surface area contributed by atoms with Gasteiger partial charge in [-0.05, 0) is 31.5 Å². The maximum absolute atomic E-state index is 14.8. The fourth-order valence-electron chi connectivity index (χ4n) is 3.72. The van der Waals surface area contributed by atoms with Crippen LogP contribution in [0, 0.1) is 11.2 Å². The molecular formula is C21H28ClFN6O2. The molecule has 0 spiro atoms. The third kappa shape index (κ3) is 4.72. The van der Waals surface area contributed by atoms with E-state index in [0.29, 0.717) is 24.6 Å². The van der Waals surface area contributed by atoms with E-state index in [1.807, 2.05) is 32.4 Å². The highest BCUT2D eigenvalue weighted by atomic mass is 35.5. The number of nitrogens with zero attached hydrogens (tertiary/aromatic N) is 4. The van der Waals surface area contributed by atoms with E-state index in [4.69, 9.17) is 11.6 Å². The molecule has 1 atom stereocenters. The van der Waals surface area contributed by atoms with Gasteiger partial charge >= 0.3 is 0 Å². The molecule has 0 aliphatic carbocycles. The number of halogens is 2. The fourth-order valence-corrected chi connectivity index (χ4v) is 3.88. The van der Waals surface area contributed by atoms with E-state index in [2.05, 4.69) is 25.5 Å². The average Bonchev–Trinajstić information content (AvgIpc) is 2.92. The first-order valence-electron chi connectivity index (χ1n) is 10.1. The molecular weight excluding hydrogens is 423 g/mol. The van der Waals surface area contributed by atoms with Crippen molar-refractivity contribution in [2.45, 2.75) is 46.3 Å². The summed E-state index contributed by atoms with van der Waals surface area (Å²) >= 11 is 5.89. The maximum Gasteiger partial charge on any atom is 0.272 e. The van der Waals surface area contributed by atoms with Crippen LogP contribution in [0.15, 0.2) is 12.3 Å². The monoisotopic (exact) mass is 450 g/mol. The molecule has 168 valence electrons. The summed E-state index contributed by atoms with van der Waals surface area (Å²) in [5.74, 6) is -1.13. The van der Waals surface area contributed by atoms with E-state index in [9.17, 15) is 14.0 Å². The number of aromatic nitrogens is 3. The van der Waals surface area contributed by atoms with Crippen LogP contribution in [0.2, 0.25) is 5.15 Å². The molecule has 0 saturated heterocycles. The first-order chi connectivity index (χ1) is 14.5. The minimum atomic E-state index is -0.763. The van der Waals surface area contributed by atoms with Crippen molar-refractivity contribution in [3.05, 3.63) is 34.6 Å². The van der Waals surface area contributed by atoms with Crippen LogP contribution in [0.3, 0.4) is 0 Å². The molecule has 0 aromatic carbocycles. The van der Waals surface area contributed by atoms with Gasteiger partial charge < -0.3 is 20.1 Å². The zero-order valence-corrected chi connectivity index (χ0v) is 19.2. The Hall–Kier alpha value is -2.52. The Morgan fingerprint density at radius 1 is 1.29 bits per heavy atom. The smallest absolute Gasteiger partial charge is 0.272 e. The topological polar surface area (TPSA) is 92.1 Å². The number of nitrogens with one attached hydrogen (secondary N) is 2. The highest BCUT2D eigenvalue weighted by Gasteiger charge is 2.35. The standard InChI is InChI=1S/C21H28ClFN6O2/c1-21(2,3)16(20(31)24-4)27-19(30)15-13-11-28(5)9-6-10-29(13)18(26-15)12-7-8-25-17(22)14(12)23/h7-8,16H,6,9-11H2,1-5H3,(H,24,31)(H,27,30). The number of imidazole rings is 1. The third-order valence-corrected chi connectivity index (χ3v) is 5.63. The Morgan fingerprint density at radius 3 is 2.65 bits per heavy atom. The van der Waals surface area contributed by atoms with Crippen LogP contribution >= 0.6 is 11.6 Å². The molecule has 1 aliphatic rings. The Kier molecular flexibility index (Phi) is 6.66. The first kappa shape index (κ1) is 23.1. The van der Waals surface area contributed by atoms with Gasteiger partial charge in [0.2, 0.25) is 5.91 Å². The summed E-state index contributed by atoms with van der Waals surface area (Å²) in [5, 5.41) is 5.17. The number of amides is 2.